The van der Waals surface area contributed by atoms with Crippen LogP contribution < -0.4 is 10.1 Å². The molecule has 4 aromatic rings. The lowest BCUT2D eigenvalue weighted by molar-refractivity contribution is 0.0583. The molecule has 5 rings (SSSR count). The molecule has 3 amide bonds. The number of anilines is 1. The van der Waals surface area contributed by atoms with Crippen LogP contribution in [-0.2, 0) is 6.54 Å². The topological polar surface area (TPSA) is 66.8 Å². The predicted octanol–water partition coefficient (Wildman–Crippen LogP) is 5.45. The van der Waals surface area contributed by atoms with Gasteiger partial charge in [-0.2, -0.15) is 0 Å². The van der Waals surface area contributed by atoms with E-state index in [1.165, 1.54) is 11.1 Å². The Hall–Kier alpha value is -3.78. The highest BCUT2D eigenvalue weighted by Crippen LogP contribution is 2.28. The number of amides is 3. The van der Waals surface area contributed by atoms with Crippen LogP contribution in [0.3, 0.4) is 0 Å². The second kappa shape index (κ2) is 10.1. The maximum atomic E-state index is 13.7. The van der Waals surface area contributed by atoms with Crippen molar-refractivity contribution in [3.8, 4) is 5.75 Å². The molecule has 3 heterocycles. The fraction of sp³-hybridized carbons (Fsp3) is 0.286. The fourth-order valence-corrected chi connectivity index (χ4v) is 5.64. The van der Waals surface area contributed by atoms with E-state index < -0.39 is 0 Å². The van der Waals surface area contributed by atoms with Gasteiger partial charge in [0.25, 0.3) is 5.91 Å². The molecule has 0 bridgehead atoms. The molecule has 8 heteroatoms. The van der Waals surface area contributed by atoms with Gasteiger partial charge in [-0.25, -0.2) is 4.79 Å². The van der Waals surface area contributed by atoms with E-state index in [1.54, 1.807) is 23.3 Å². The summed E-state index contributed by atoms with van der Waals surface area (Å²) in [5, 5.41) is 6.10. The maximum Gasteiger partial charge on any atom is 0.322 e. The van der Waals surface area contributed by atoms with E-state index in [1.807, 2.05) is 54.3 Å². The first-order valence-corrected chi connectivity index (χ1v) is 12.9. The molecule has 0 saturated carbocycles. The zero-order valence-electron chi connectivity index (χ0n) is 20.7. The molecule has 0 spiro atoms. The highest BCUT2D eigenvalue weighted by atomic mass is 32.1. The number of piperazine rings is 1. The quantitative estimate of drug-likeness (QED) is 0.395. The molecule has 0 radical (unpaired) electrons. The van der Waals surface area contributed by atoms with Crippen molar-refractivity contribution < 1.29 is 14.3 Å². The van der Waals surface area contributed by atoms with Crippen LogP contribution in [0.2, 0.25) is 0 Å². The molecule has 0 aliphatic carbocycles. The van der Waals surface area contributed by atoms with Crippen molar-refractivity contribution in [1.29, 1.82) is 0 Å². The van der Waals surface area contributed by atoms with Crippen LogP contribution in [0.5, 0.6) is 5.75 Å². The first-order chi connectivity index (χ1) is 17.4. The minimum atomic E-state index is -0.164. The number of ether oxygens (including phenoxy) is 1. The number of carbonyl (C=O) groups is 2. The molecule has 1 atom stereocenters. The largest absolute Gasteiger partial charge is 0.497 e. The standard InChI is InChI=1S/C28H30N4O3S/c1-19-6-4-5-7-22(19)18-32-25(16-21-12-15-36-27(21)32)26(33)30-13-14-31(20(2)17-30)28(34)29-23-8-10-24(35-3)11-9-23/h4-12,15-16,20H,13-14,17-18H2,1-3H3,(H,29,34)/t20-/m0/s1. The normalized spacial score (nSPS) is 15.8. The van der Waals surface area contributed by atoms with Crippen LogP contribution in [0.15, 0.2) is 66.0 Å². The number of methoxy groups -OCH3 is 1. The molecule has 1 N–H and O–H groups in total. The third kappa shape index (κ3) is 4.68. The van der Waals surface area contributed by atoms with Crippen molar-refractivity contribution in [3.63, 3.8) is 0 Å². The molecular weight excluding hydrogens is 472 g/mol. The van der Waals surface area contributed by atoms with Gasteiger partial charge in [-0.1, -0.05) is 24.3 Å². The number of fused-ring (bicyclic) bond motifs is 1. The summed E-state index contributed by atoms with van der Waals surface area (Å²) in [6, 6.07) is 19.3. The smallest absolute Gasteiger partial charge is 0.322 e. The summed E-state index contributed by atoms with van der Waals surface area (Å²) in [7, 11) is 1.61. The number of urea groups is 1. The minimum absolute atomic E-state index is 0.00838. The molecular formula is C28H30N4O3S. The van der Waals surface area contributed by atoms with E-state index in [0.717, 1.165) is 16.0 Å². The maximum absolute atomic E-state index is 13.7. The van der Waals surface area contributed by atoms with Gasteiger partial charge in [-0.15, -0.1) is 11.3 Å². The van der Waals surface area contributed by atoms with Crippen molar-refractivity contribution in [1.82, 2.24) is 14.4 Å². The van der Waals surface area contributed by atoms with Crippen molar-refractivity contribution in [2.75, 3.05) is 32.1 Å². The van der Waals surface area contributed by atoms with Gasteiger partial charge < -0.3 is 24.4 Å². The van der Waals surface area contributed by atoms with Crippen LogP contribution in [0.25, 0.3) is 10.2 Å². The van der Waals surface area contributed by atoms with Crippen molar-refractivity contribution in [2.45, 2.75) is 26.4 Å². The summed E-state index contributed by atoms with van der Waals surface area (Å²) in [4.78, 5) is 31.4. The number of hydrogen-bond donors (Lipinski definition) is 1. The van der Waals surface area contributed by atoms with Crippen LogP contribution in [0.1, 0.15) is 28.5 Å². The first-order valence-electron chi connectivity index (χ1n) is 12.1. The SMILES string of the molecule is COc1ccc(NC(=O)N2CCN(C(=O)c3cc4ccsc4n3Cc3ccccc3C)C[C@@H]2C)cc1. The summed E-state index contributed by atoms with van der Waals surface area (Å²) in [6.07, 6.45) is 0. The molecule has 0 unspecified atom stereocenters. The number of carbonyl (C=O) groups excluding carboxylic acids is 2. The van der Waals surface area contributed by atoms with Crippen molar-refractivity contribution in [2.24, 2.45) is 0 Å². The van der Waals surface area contributed by atoms with Gasteiger partial charge in [-0.3, -0.25) is 4.79 Å². The summed E-state index contributed by atoms with van der Waals surface area (Å²) < 4.78 is 7.31. The molecule has 2 aromatic heterocycles. The molecule has 7 nitrogen and oxygen atoms in total. The highest BCUT2D eigenvalue weighted by Gasteiger charge is 2.32. The Bertz CT molecular complexity index is 1390. The number of rotatable bonds is 5. The Morgan fingerprint density at radius 3 is 2.58 bits per heavy atom. The van der Waals surface area contributed by atoms with Gasteiger partial charge in [0, 0.05) is 43.3 Å². The Morgan fingerprint density at radius 1 is 1.08 bits per heavy atom. The third-order valence-corrected chi connectivity index (χ3v) is 7.78. The van der Waals surface area contributed by atoms with Crippen LogP contribution >= 0.6 is 11.3 Å². The van der Waals surface area contributed by atoms with Crippen molar-refractivity contribution in [3.05, 3.63) is 82.9 Å². The van der Waals surface area contributed by atoms with E-state index in [2.05, 4.69) is 40.4 Å². The predicted molar refractivity (Wildman–Crippen MR) is 144 cm³/mol. The Morgan fingerprint density at radius 2 is 1.86 bits per heavy atom. The number of thiophene rings is 1. The van der Waals surface area contributed by atoms with Gasteiger partial charge in [-0.05, 0) is 66.8 Å². The van der Waals surface area contributed by atoms with Crippen molar-refractivity contribution >= 4 is 39.2 Å². The van der Waals surface area contributed by atoms with E-state index in [4.69, 9.17) is 4.74 Å². The average molecular weight is 503 g/mol. The second-order valence-electron chi connectivity index (χ2n) is 9.18. The lowest BCUT2D eigenvalue weighted by atomic mass is 10.1. The van der Waals surface area contributed by atoms with Gasteiger partial charge in [0.2, 0.25) is 0 Å². The summed E-state index contributed by atoms with van der Waals surface area (Å²) in [5.41, 5.74) is 3.81. The van der Waals surface area contributed by atoms with E-state index >= 15 is 0 Å². The monoisotopic (exact) mass is 502 g/mol. The average Bonchev–Trinajstić information content (AvgIpc) is 3.48. The number of aryl methyl sites for hydroxylation is 1. The van der Waals surface area contributed by atoms with Gasteiger partial charge >= 0.3 is 6.03 Å². The number of aromatic nitrogens is 1. The number of hydrogen-bond acceptors (Lipinski definition) is 4. The van der Waals surface area contributed by atoms with Gasteiger partial charge in [0.05, 0.1) is 7.11 Å². The summed E-state index contributed by atoms with van der Waals surface area (Å²) in [6.45, 7) is 6.18. The Balaban J connectivity index is 1.30. The number of nitrogens with zero attached hydrogens (tertiary/aromatic N) is 3. The van der Waals surface area contributed by atoms with E-state index in [0.29, 0.717) is 37.6 Å². The van der Waals surface area contributed by atoms with E-state index in [9.17, 15) is 9.59 Å². The summed E-state index contributed by atoms with van der Waals surface area (Å²) >= 11 is 1.66. The lowest BCUT2D eigenvalue weighted by Gasteiger charge is -2.39. The Labute approximate surface area is 214 Å². The lowest BCUT2D eigenvalue weighted by Crippen LogP contribution is -2.56. The molecule has 2 aromatic carbocycles. The summed E-state index contributed by atoms with van der Waals surface area (Å²) in [5.74, 6) is 0.745. The molecule has 1 aliphatic rings. The number of benzene rings is 2. The second-order valence-corrected chi connectivity index (χ2v) is 10.1. The molecule has 186 valence electrons. The highest BCUT2D eigenvalue weighted by molar-refractivity contribution is 7.16. The molecule has 1 aliphatic heterocycles. The molecule has 36 heavy (non-hydrogen) atoms. The molecule has 1 saturated heterocycles. The van der Waals surface area contributed by atoms with Gasteiger partial charge in [0.15, 0.2) is 0 Å². The Kier molecular flexibility index (Phi) is 6.69. The minimum Gasteiger partial charge on any atom is -0.497 e. The van der Waals surface area contributed by atoms with Crippen LogP contribution in [0.4, 0.5) is 10.5 Å². The molecule has 1 fully saturated rings. The van der Waals surface area contributed by atoms with Crippen LogP contribution in [-0.4, -0.2) is 59.1 Å². The zero-order chi connectivity index (χ0) is 25.2. The van der Waals surface area contributed by atoms with E-state index in [-0.39, 0.29) is 18.0 Å². The zero-order valence-corrected chi connectivity index (χ0v) is 21.5. The first kappa shape index (κ1) is 23.9. The van der Waals surface area contributed by atoms with Gasteiger partial charge in [0.1, 0.15) is 16.3 Å². The fourth-order valence-electron chi connectivity index (χ4n) is 4.74. The number of nitrogens with one attached hydrogen (secondary N) is 1. The third-order valence-electron chi connectivity index (χ3n) is 6.83. The van der Waals surface area contributed by atoms with Crippen LogP contribution in [0, 0.1) is 6.92 Å².